The first-order chi connectivity index (χ1) is 9.52. The molecule has 6 nitrogen and oxygen atoms in total. The number of hydrogen-bond acceptors (Lipinski definition) is 6. The maximum Gasteiger partial charge on any atom is 0.233 e. The van der Waals surface area contributed by atoms with Crippen molar-refractivity contribution in [1.29, 1.82) is 0 Å². The minimum atomic E-state index is -2.91. The number of nitrogens with one attached hydrogen (secondary N) is 1. The van der Waals surface area contributed by atoms with Crippen LogP contribution >= 0.6 is 0 Å². The van der Waals surface area contributed by atoms with Crippen molar-refractivity contribution in [2.75, 3.05) is 25.2 Å². The Morgan fingerprint density at radius 2 is 2.05 bits per heavy atom. The van der Waals surface area contributed by atoms with Crippen molar-refractivity contribution in [3.8, 4) is 5.88 Å². The summed E-state index contributed by atoms with van der Waals surface area (Å²) in [5.74, 6) is 0.883. The summed E-state index contributed by atoms with van der Waals surface area (Å²) in [6, 6.07) is 3.63. The van der Waals surface area contributed by atoms with Crippen LogP contribution in [0.1, 0.15) is 38.4 Å². The Balaban J connectivity index is 2.63. The molecule has 0 fully saturated rings. The predicted octanol–water partition coefficient (Wildman–Crippen LogP) is 1.35. The van der Waals surface area contributed by atoms with Crippen LogP contribution in [-0.4, -0.2) is 43.8 Å². The lowest BCUT2D eigenvalue weighted by Crippen LogP contribution is -2.23. The molecule has 0 aliphatic rings. The zero-order valence-electron chi connectivity index (χ0n) is 12.3. The molecule has 0 aliphatic carbocycles. The number of aromatic nitrogens is 2. The molecule has 1 aromatic heterocycles. The molecule has 20 heavy (non-hydrogen) atoms. The van der Waals surface area contributed by atoms with E-state index < -0.39 is 9.84 Å². The average molecular weight is 301 g/mol. The fourth-order valence-corrected chi connectivity index (χ4v) is 2.77. The summed E-state index contributed by atoms with van der Waals surface area (Å²) in [6.45, 7) is 4.47. The first-order valence-electron chi connectivity index (χ1n) is 6.83. The first-order valence-corrected chi connectivity index (χ1v) is 8.66. The van der Waals surface area contributed by atoms with Gasteiger partial charge in [-0.3, -0.25) is 0 Å². The topological polar surface area (TPSA) is 81.2 Å². The van der Waals surface area contributed by atoms with Crippen LogP contribution in [0.2, 0.25) is 0 Å². The lowest BCUT2D eigenvalue weighted by Gasteiger charge is -2.16. The van der Waals surface area contributed by atoms with Crippen LogP contribution in [0, 0.1) is 0 Å². The maximum atomic E-state index is 11.5. The van der Waals surface area contributed by atoms with Gasteiger partial charge >= 0.3 is 0 Å². The van der Waals surface area contributed by atoms with Crippen LogP contribution in [0.4, 0.5) is 0 Å². The third kappa shape index (κ3) is 5.42. The van der Waals surface area contributed by atoms with E-state index in [0.717, 1.165) is 12.2 Å². The molecule has 1 N–H and O–H groups in total. The Kier molecular flexibility index (Phi) is 6.87. The summed E-state index contributed by atoms with van der Waals surface area (Å²) < 4.78 is 28.0. The lowest BCUT2D eigenvalue weighted by atomic mass is 10.1. The van der Waals surface area contributed by atoms with Crippen molar-refractivity contribution < 1.29 is 13.2 Å². The van der Waals surface area contributed by atoms with E-state index in [1.807, 2.05) is 13.0 Å². The highest BCUT2D eigenvalue weighted by Gasteiger charge is 2.15. The summed E-state index contributed by atoms with van der Waals surface area (Å²) in [6.07, 6.45) is 1.33. The van der Waals surface area contributed by atoms with E-state index in [1.54, 1.807) is 20.1 Å². The SMILES string of the molecule is CCNC(CCCS(=O)(=O)CC)c1ccc(OC)nn1. The number of ether oxygens (including phenoxy) is 1. The fourth-order valence-electron chi connectivity index (χ4n) is 1.88. The first kappa shape index (κ1) is 16.8. The summed E-state index contributed by atoms with van der Waals surface area (Å²) in [4.78, 5) is 0. The summed E-state index contributed by atoms with van der Waals surface area (Å²) >= 11 is 0. The number of methoxy groups -OCH3 is 1. The summed E-state index contributed by atoms with van der Waals surface area (Å²) in [7, 11) is -1.36. The van der Waals surface area contributed by atoms with E-state index in [0.29, 0.717) is 18.7 Å². The normalized spacial score (nSPS) is 13.2. The third-order valence-electron chi connectivity index (χ3n) is 3.07. The molecule has 1 heterocycles. The minimum Gasteiger partial charge on any atom is -0.480 e. The molecule has 0 aliphatic heterocycles. The number of hydrogen-bond donors (Lipinski definition) is 1. The van der Waals surface area contributed by atoms with Crippen LogP contribution in [0.15, 0.2) is 12.1 Å². The molecule has 1 rings (SSSR count). The highest BCUT2D eigenvalue weighted by atomic mass is 32.2. The van der Waals surface area contributed by atoms with Crippen molar-refractivity contribution in [3.63, 3.8) is 0 Å². The quantitative estimate of drug-likeness (QED) is 0.741. The lowest BCUT2D eigenvalue weighted by molar-refractivity contribution is 0.388. The molecule has 0 bridgehead atoms. The molecule has 0 aromatic carbocycles. The van der Waals surface area contributed by atoms with Gasteiger partial charge in [-0.1, -0.05) is 13.8 Å². The molecule has 0 amide bonds. The summed E-state index contributed by atoms with van der Waals surface area (Å²) in [5.41, 5.74) is 0.807. The molecule has 0 radical (unpaired) electrons. The molecular weight excluding hydrogens is 278 g/mol. The molecule has 0 saturated carbocycles. The smallest absolute Gasteiger partial charge is 0.233 e. The Labute approximate surface area is 120 Å². The second-order valence-corrected chi connectivity index (χ2v) is 6.96. The van der Waals surface area contributed by atoms with Crippen LogP contribution in [0.3, 0.4) is 0 Å². The molecule has 1 aromatic rings. The highest BCUT2D eigenvalue weighted by molar-refractivity contribution is 7.91. The van der Waals surface area contributed by atoms with Gasteiger partial charge in [0.1, 0.15) is 9.84 Å². The summed E-state index contributed by atoms with van der Waals surface area (Å²) in [5, 5.41) is 11.4. The second-order valence-electron chi connectivity index (χ2n) is 4.49. The number of sulfone groups is 1. The molecule has 1 atom stereocenters. The minimum absolute atomic E-state index is 0.0189. The number of nitrogens with zero attached hydrogens (tertiary/aromatic N) is 2. The van der Waals surface area contributed by atoms with Crippen LogP contribution < -0.4 is 10.1 Å². The molecule has 7 heteroatoms. The van der Waals surface area contributed by atoms with Crippen LogP contribution in [-0.2, 0) is 9.84 Å². The number of rotatable bonds is 9. The molecule has 1 unspecified atom stereocenters. The Morgan fingerprint density at radius 1 is 1.30 bits per heavy atom. The van der Waals surface area contributed by atoms with Crippen molar-refractivity contribution >= 4 is 9.84 Å². The zero-order chi connectivity index (χ0) is 15.0. The zero-order valence-corrected chi connectivity index (χ0v) is 13.1. The third-order valence-corrected chi connectivity index (χ3v) is 4.86. The molecule has 0 spiro atoms. The van der Waals surface area contributed by atoms with Gasteiger partial charge in [-0.2, -0.15) is 5.10 Å². The predicted molar refractivity (Wildman–Crippen MR) is 78.6 cm³/mol. The van der Waals surface area contributed by atoms with Crippen LogP contribution in [0.5, 0.6) is 5.88 Å². The van der Waals surface area contributed by atoms with Crippen molar-refractivity contribution in [2.24, 2.45) is 0 Å². The van der Waals surface area contributed by atoms with Gasteiger partial charge in [-0.25, -0.2) is 8.42 Å². The van der Waals surface area contributed by atoms with E-state index in [4.69, 9.17) is 4.74 Å². The highest BCUT2D eigenvalue weighted by Crippen LogP contribution is 2.17. The standard InChI is InChI=1S/C13H23N3O3S/c1-4-14-11(7-6-10-20(17,18)5-2)12-8-9-13(19-3)16-15-12/h8-9,11,14H,4-7,10H2,1-3H3. The van der Waals surface area contributed by atoms with E-state index in [2.05, 4.69) is 15.5 Å². The fraction of sp³-hybridized carbons (Fsp3) is 0.692. The van der Waals surface area contributed by atoms with Gasteiger partial charge in [0.15, 0.2) is 0 Å². The van der Waals surface area contributed by atoms with Gasteiger partial charge in [0.25, 0.3) is 0 Å². The second kappa shape index (κ2) is 8.16. The maximum absolute atomic E-state index is 11.5. The van der Waals surface area contributed by atoms with Gasteiger partial charge in [0, 0.05) is 11.8 Å². The van der Waals surface area contributed by atoms with Gasteiger partial charge in [-0.15, -0.1) is 5.10 Å². The van der Waals surface area contributed by atoms with E-state index >= 15 is 0 Å². The largest absolute Gasteiger partial charge is 0.480 e. The van der Waals surface area contributed by atoms with Gasteiger partial charge in [-0.05, 0) is 25.5 Å². The Bertz CT molecular complexity index is 488. The molecule has 0 saturated heterocycles. The average Bonchev–Trinajstić information content (AvgIpc) is 2.46. The molecule has 114 valence electrons. The Morgan fingerprint density at radius 3 is 2.55 bits per heavy atom. The Hall–Kier alpha value is -1.21. The van der Waals surface area contributed by atoms with Crippen molar-refractivity contribution in [3.05, 3.63) is 17.8 Å². The van der Waals surface area contributed by atoms with E-state index in [1.165, 1.54) is 0 Å². The van der Waals surface area contributed by atoms with Gasteiger partial charge < -0.3 is 10.1 Å². The van der Waals surface area contributed by atoms with E-state index in [9.17, 15) is 8.42 Å². The van der Waals surface area contributed by atoms with Crippen molar-refractivity contribution in [2.45, 2.75) is 32.7 Å². The van der Waals surface area contributed by atoms with Crippen LogP contribution in [0.25, 0.3) is 0 Å². The molecular formula is C13H23N3O3S. The monoisotopic (exact) mass is 301 g/mol. The van der Waals surface area contributed by atoms with Gasteiger partial charge in [0.05, 0.1) is 24.6 Å². The van der Waals surface area contributed by atoms with Crippen molar-refractivity contribution in [1.82, 2.24) is 15.5 Å². The van der Waals surface area contributed by atoms with Gasteiger partial charge in [0.2, 0.25) is 5.88 Å². The van der Waals surface area contributed by atoms with E-state index in [-0.39, 0.29) is 17.5 Å².